The van der Waals surface area contributed by atoms with Gasteiger partial charge in [-0.15, -0.1) is 0 Å². The van der Waals surface area contributed by atoms with Crippen LogP contribution >= 0.6 is 11.6 Å². The van der Waals surface area contributed by atoms with Crippen molar-refractivity contribution in [3.8, 4) is 11.6 Å². The zero-order valence-corrected chi connectivity index (χ0v) is 11.4. The molecule has 3 rings (SSSR count). The largest absolute Gasteiger partial charge is 0.478 e. The lowest BCUT2D eigenvalue weighted by Gasteiger charge is -2.08. The fourth-order valence-electron chi connectivity index (χ4n) is 1.93. The molecule has 0 fully saturated rings. The quantitative estimate of drug-likeness (QED) is 0.745. The second-order valence-corrected chi connectivity index (χ2v) is 4.64. The first-order chi connectivity index (χ1) is 10.1. The predicted octanol–water partition coefficient (Wildman–Crippen LogP) is 3.77. The lowest BCUT2D eigenvalue weighted by molar-refractivity contribution is 0.0696. The Balaban J connectivity index is 2.05. The van der Waals surface area contributed by atoms with Crippen LogP contribution < -0.4 is 4.74 Å². The molecule has 0 radical (unpaired) electrons. The Morgan fingerprint density at radius 3 is 2.86 bits per heavy atom. The van der Waals surface area contributed by atoms with Crippen LogP contribution in [0.25, 0.3) is 10.9 Å². The van der Waals surface area contributed by atoms with Crippen LogP contribution in [-0.4, -0.2) is 21.0 Å². The van der Waals surface area contributed by atoms with Gasteiger partial charge in [-0.25, -0.2) is 9.78 Å². The molecule has 1 aromatic carbocycles. The number of aromatic nitrogens is 2. The number of halogens is 1. The first-order valence-electron chi connectivity index (χ1n) is 6.06. The third-order valence-electron chi connectivity index (χ3n) is 2.84. The van der Waals surface area contributed by atoms with E-state index < -0.39 is 5.97 Å². The van der Waals surface area contributed by atoms with E-state index in [0.717, 1.165) is 10.9 Å². The highest BCUT2D eigenvalue weighted by atomic mass is 35.5. The monoisotopic (exact) mass is 300 g/mol. The molecule has 1 N–H and O–H groups in total. The molecule has 5 nitrogen and oxygen atoms in total. The first kappa shape index (κ1) is 13.3. The number of carboxylic acids is 1. The maximum Gasteiger partial charge on any atom is 0.335 e. The number of carbonyl (C=O) groups is 1. The highest BCUT2D eigenvalue weighted by molar-refractivity contribution is 6.29. The third-order valence-corrected chi connectivity index (χ3v) is 3.03. The zero-order chi connectivity index (χ0) is 14.8. The molecule has 104 valence electrons. The molecule has 2 heterocycles. The smallest absolute Gasteiger partial charge is 0.335 e. The van der Waals surface area contributed by atoms with Crippen LogP contribution in [0.5, 0.6) is 11.6 Å². The number of benzene rings is 1. The molecular formula is C15H9ClN2O3. The van der Waals surface area contributed by atoms with Gasteiger partial charge in [0.15, 0.2) is 0 Å². The lowest BCUT2D eigenvalue weighted by Crippen LogP contribution is -1.99. The van der Waals surface area contributed by atoms with E-state index in [0.29, 0.717) is 5.75 Å². The zero-order valence-electron chi connectivity index (χ0n) is 10.7. The molecular weight excluding hydrogens is 292 g/mol. The predicted molar refractivity (Wildman–Crippen MR) is 78.0 cm³/mol. The van der Waals surface area contributed by atoms with E-state index in [1.807, 2.05) is 12.1 Å². The highest BCUT2D eigenvalue weighted by Gasteiger charge is 2.10. The van der Waals surface area contributed by atoms with Crippen LogP contribution in [0.15, 0.2) is 48.7 Å². The van der Waals surface area contributed by atoms with Gasteiger partial charge >= 0.3 is 5.97 Å². The van der Waals surface area contributed by atoms with Crippen LogP contribution in [0, 0.1) is 0 Å². The summed E-state index contributed by atoms with van der Waals surface area (Å²) in [4.78, 5) is 19.2. The fourth-order valence-corrected chi connectivity index (χ4v) is 2.13. The molecule has 2 aromatic heterocycles. The Kier molecular flexibility index (Phi) is 3.41. The van der Waals surface area contributed by atoms with E-state index in [2.05, 4.69) is 9.97 Å². The number of aromatic carboxylic acids is 1. The molecule has 0 atom stereocenters. The Hall–Kier alpha value is -2.66. The molecule has 0 saturated heterocycles. The Labute approximate surface area is 124 Å². The first-order valence-corrected chi connectivity index (χ1v) is 6.44. The standard InChI is InChI=1S/C15H9ClN2O3/c16-13-7-9(15(19)20)8-14(18-13)21-12-5-1-4-11-10(12)3-2-6-17-11/h1-8H,(H,19,20). The summed E-state index contributed by atoms with van der Waals surface area (Å²) in [6.07, 6.45) is 1.69. The maximum atomic E-state index is 11.0. The molecule has 0 aliphatic rings. The normalized spacial score (nSPS) is 10.5. The lowest BCUT2D eigenvalue weighted by atomic mass is 10.2. The number of pyridine rings is 2. The van der Waals surface area contributed by atoms with E-state index in [1.165, 1.54) is 12.1 Å². The number of ether oxygens (including phenoxy) is 1. The molecule has 0 aliphatic carbocycles. The second kappa shape index (κ2) is 5.38. The summed E-state index contributed by atoms with van der Waals surface area (Å²) < 4.78 is 5.66. The topological polar surface area (TPSA) is 72.3 Å². The number of rotatable bonds is 3. The number of nitrogens with zero attached hydrogens (tertiary/aromatic N) is 2. The van der Waals surface area contributed by atoms with Crippen molar-refractivity contribution in [2.24, 2.45) is 0 Å². The van der Waals surface area contributed by atoms with E-state index >= 15 is 0 Å². The summed E-state index contributed by atoms with van der Waals surface area (Å²) in [5.74, 6) is -0.438. The second-order valence-electron chi connectivity index (χ2n) is 4.25. The molecule has 0 spiro atoms. The van der Waals surface area contributed by atoms with E-state index in [4.69, 9.17) is 21.4 Å². The van der Waals surface area contributed by atoms with Gasteiger partial charge in [-0.05, 0) is 30.3 Å². The third kappa shape index (κ3) is 2.78. The van der Waals surface area contributed by atoms with Gasteiger partial charge in [0.05, 0.1) is 11.1 Å². The molecule has 0 amide bonds. The van der Waals surface area contributed by atoms with Crippen molar-refractivity contribution in [3.05, 3.63) is 59.4 Å². The van der Waals surface area contributed by atoms with Gasteiger partial charge in [0.1, 0.15) is 10.9 Å². The molecule has 0 bridgehead atoms. The number of fused-ring (bicyclic) bond motifs is 1. The average Bonchev–Trinajstić information content (AvgIpc) is 2.47. The molecule has 3 aromatic rings. The van der Waals surface area contributed by atoms with Gasteiger partial charge in [0.25, 0.3) is 0 Å². The van der Waals surface area contributed by atoms with Gasteiger partial charge in [0.2, 0.25) is 5.88 Å². The van der Waals surface area contributed by atoms with Crippen molar-refractivity contribution >= 4 is 28.5 Å². The van der Waals surface area contributed by atoms with Gasteiger partial charge in [-0.3, -0.25) is 4.98 Å². The highest BCUT2D eigenvalue weighted by Crippen LogP contribution is 2.29. The molecule has 0 saturated carbocycles. The van der Waals surface area contributed by atoms with Gasteiger partial charge < -0.3 is 9.84 Å². The SMILES string of the molecule is O=C(O)c1cc(Cl)nc(Oc2cccc3ncccc23)c1. The molecule has 21 heavy (non-hydrogen) atoms. The minimum atomic E-state index is -1.09. The number of hydrogen-bond acceptors (Lipinski definition) is 4. The van der Waals surface area contributed by atoms with Crippen molar-refractivity contribution < 1.29 is 14.6 Å². The Bertz CT molecular complexity index is 831. The summed E-state index contributed by atoms with van der Waals surface area (Å²) in [5.41, 5.74) is 0.791. The van der Waals surface area contributed by atoms with Crippen molar-refractivity contribution in [1.29, 1.82) is 0 Å². The van der Waals surface area contributed by atoms with Gasteiger partial charge in [-0.2, -0.15) is 0 Å². The van der Waals surface area contributed by atoms with Crippen molar-refractivity contribution in [3.63, 3.8) is 0 Å². The summed E-state index contributed by atoms with van der Waals surface area (Å²) >= 11 is 5.81. The van der Waals surface area contributed by atoms with Crippen LogP contribution in [0.1, 0.15) is 10.4 Å². The van der Waals surface area contributed by atoms with Crippen molar-refractivity contribution in [1.82, 2.24) is 9.97 Å². The van der Waals surface area contributed by atoms with Crippen LogP contribution in [0.4, 0.5) is 0 Å². The summed E-state index contributed by atoms with van der Waals surface area (Å²) in [6, 6.07) is 11.7. The van der Waals surface area contributed by atoms with Gasteiger partial charge in [-0.1, -0.05) is 17.7 Å². The summed E-state index contributed by atoms with van der Waals surface area (Å²) in [7, 11) is 0. The minimum absolute atomic E-state index is 0.0170. The maximum absolute atomic E-state index is 11.0. The molecule has 0 unspecified atom stereocenters. The van der Waals surface area contributed by atoms with Gasteiger partial charge in [0, 0.05) is 17.6 Å². The molecule has 6 heteroatoms. The fraction of sp³-hybridized carbons (Fsp3) is 0. The average molecular weight is 301 g/mol. The van der Waals surface area contributed by atoms with Crippen LogP contribution in [0.3, 0.4) is 0 Å². The number of carboxylic acid groups (broad SMARTS) is 1. The van der Waals surface area contributed by atoms with Crippen molar-refractivity contribution in [2.75, 3.05) is 0 Å². The van der Waals surface area contributed by atoms with E-state index in [9.17, 15) is 4.79 Å². The Morgan fingerprint density at radius 2 is 2.05 bits per heavy atom. The van der Waals surface area contributed by atoms with Crippen LogP contribution in [0.2, 0.25) is 5.15 Å². The van der Waals surface area contributed by atoms with E-state index in [-0.39, 0.29) is 16.6 Å². The minimum Gasteiger partial charge on any atom is -0.478 e. The summed E-state index contributed by atoms with van der Waals surface area (Å²) in [5, 5.41) is 9.88. The number of hydrogen-bond donors (Lipinski definition) is 1. The summed E-state index contributed by atoms with van der Waals surface area (Å²) in [6.45, 7) is 0. The van der Waals surface area contributed by atoms with Crippen LogP contribution in [-0.2, 0) is 0 Å². The molecule has 0 aliphatic heterocycles. The van der Waals surface area contributed by atoms with E-state index in [1.54, 1.807) is 24.4 Å². The Morgan fingerprint density at radius 1 is 1.19 bits per heavy atom. The van der Waals surface area contributed by atoms with Crippen molar-refractivity contribution in [2.45, 2.75) is 0 Å².